The van der Waals surface area contributed by atoms with Crippen molar-refractivity contribution in [3.8, 4) is 0 Å². The molecule has 2 aromatic carbocycles. The average molecular weight is 322 g/mol. The van der Waals surface area contributed by atoms with Gasteiger partial charge in [0.25, 0.3) is 11.4 Å². The van der Waals surface area contributed by atoms with Crippen LogP contribution in [0.5, 0.6) is 0 Å². The third-order valence-electron chi connectivity index (χ3n) is 2.83. The summed E-state index contributed by atoms with van der Waals surface area (Å²) in [6.07, 6.45) is 0. The molecule has 0 saturated heterocycles. The highest BCUT2D eigenvalue weighted by atomic mass is 32.2. The van der Waals surface area contributed by atoms with E-state index < -0.39 is 20.6 Å². The van der Waals surface area contributed by atoms with E-state index in [0.29, 0.717) is 0 Å². The molecule has 0 bridgehead atoms. The molecule has 0 fully saturated rings. The summed E-state index contributed by atoms with van der Waals surface area (Å²) in [5.41, 5.74) is 10.1. The van der Waals surface area contributed by atoms with Crippen molar-refractivity contribution in [1.29, 1.82) is 0 Å². The molecule has 0 radical (unpaired) electrons. The second-order valence-corrected chi connectivity index (χ2v) is 5.70. The molecule has 0 aliphatic heterocycles. The third-order valence-corrected chi connectivity index (χ3v) is 4.19. The Balaban J connectivity index is 2.49. The highest BCUT2D eigenvalue weighted by Crippen LogP contribution is 2.29. The molecule has 0 atom stereocenters. The van der Waals surface area contributed by atoms with E-state index in [2.05, 4.69) is 0 Å². The molecular weight excluding hydrogens is 312 g/mol. The Bertz CT molecular complexity index is 743. The summed E-state index contributed by atoms with van der Waals surface area (Å²) >= 11 is 0. The first-order valence-corrected chi connectivity index (χ1v) is 6.96. The van der Waals surface area contributed by atoms with E-state index in [9.17, 15) is 24.4 Å². The number of hydrogen-bond donors (Lipinski definition) is 2. The Kier molecular flexibility index (Phi) is 4.04. The summed E-state index contributed by atoms with van der Waals surface area (Å²) in [6, 6.07) is 7.40. The van der Waals surface area contributed by atoms with Crippen LogP contribution in [0.15, 0.2) is 46.2 Å². The van der Waals surface area contributed by atoms with Gasteiger partial charge in [0.05, 0.1) is 30.4 Å². The van der Waals surface area contributed by atoms with Crippen LogP contribution >= 0.6 is 0 Å². The predicted octanol–water partition coefficient (Wildman–Crippen LogP) is 1.83. The summed E-state index contributed by atoms with van der Waals surface area (Å²) in [5.74, 6) is 0. The fourth-order valence-corrected chi connectivity index (χ4v) is 2.82. The Labute approximate surface area is 126 Å². The number of nitro benzene ring substituents is 2. The van der Waals surface area contributed by atoms with E-state index in [1.807, 2.05) is 0 Å². The van der Waals surface area contributed by atoms with Crippen LogP contribution in [-0.4, -0.2) is 14.1 Å². The molecule has 22 heavy (non-hydrogen) atoms. The summed E-state index contributed by atoms with van der Waals surface area (Å²) in [5, 5.41) is 21.7. The second kappa shape index (κ2) is 5.77. The Hall–Kier alpha value is -3.01. The molecule has 4 N–H and O–H groups in total. The average Bonchev–Trinajstić information content (AvgIpc) is 2.47. The molecule has 10 heteroatoms. The number of rotatable bonds is 4. The maximum absolute atomic E-state index is 12.4. The van der Waals surface area contributed by atoms with E-state index in [-0.39, 0.29) is 32.5 Å². The largest absolute Gasteiger partial charge is 0.393 e. The zero-order valence-corrected chi connectivity index (χ0v) is 11.8. The van der Waals surface area contributed by atoms with Gasteiger partial charge in [-0.15, -0.1) is 0 Å². The number of hydrogen-bond acceptors (Lipinski definition) is 7. The van der Waals surface area contributed by atoms with Crippen molar-refractivity contribution in [3.63, 3.8) is 0 Å². The minimum atomic E-state index is -1.84. The standard InChI is InChI=1S/C12H10N4O5S/c13-9-3-1-7(5-11(9)15(17)18)22(21)8-2-4-10(14)12(6-8)16(19)20/h1-6H,13-14H2. The van der Waals surface area contributed by atoms with E-state index in [1.54, 1.807) is 0 Å². The van der Waals surface area contributed by atoms with Crippen LogP contribution < -0.4 is 11.5 Å². The number of anilines is 2. The van der Waals surface area contributed by atoms with Gasteiger partial charge in [0.2, 0.25) is 0 Å². The second-order valence-electron chi connectivity index (χ2n) is 4.22. The summed E-state index contributed by atoms with van der Waals surface area (Å²) in [6.45, 7) is 0. The van der Waals surface area contributed by atoms with Gasteiger partial charge < -0.3 is 11.5 Å². The Morgan fingerprint density at radius 2 is 1.18 bits per heavy atom. The highest BCUT2D eigenvalue weighted by Gasteiger charge is 2.19. The lowest BCUT2D eigenvalue weighted by Crippen LogP contribution is -2.01. The van der Waals surface area contributed by atoms with Crippen LogP contribution in [-0.2, 0) is 10.8 Å². The SMILES string of the molecule is Nc1ccc(S(=O)c2ccc(N)c([N+](=O)[O-])c2)cc1[N+](=O)[O-]. The van der Waals surface area contributed by atoms with Gasteiger partial charge in [-0.3, -0.25) is 20.2 Å². The normalized spacial score (nSPS) is 10.6. The number of nitrogen functional groups attached to an aromatic ring is 2. The number of nitrogens with two attached hydrogens (primary N) is 2. The molecule has 2 rings (SSSR count). The fourth-order valence-electron chi connectivity index (χ4n) is 1.73. The lowest BCUT2D eigenvalue weighted by molar-refractivity contribution is -0.384. The van der Waals surface area contributed by atoms with Gasteiger partial charge in [-0.2, -0.15) is 0 Å². The molecule has 114 valence electrons. The number of nitro groups is 2. The van der Waals surface area contributed by atoms with Crippen molar-refractivity contribution >= 4 is 33.5 Å². The van der Waals surface area contributed by atoms with E-state index in [0.717, 1.165) is 12.1 Å². The maximum atomic E-state index is 12.4. The van der Waals surface area contributed by atoms with Crippen LogP contribution in [0, 0.1) is 20.2 Å². The lowest BCUT2D eigenvalue weighted by Gasteiger charge is -2.05. The van der Waals surface area contributed by atoms with Crippen molar-refractivity contribution in [1.82, 2.24) is 0 Å². The van der Waals surface area contributed by atoms with E-state index in [4.69, 9.17) is 11.5 Å². The van der Waals surface area contributed by atoms with E-state index in [1.165, 1.54) is 24.3 Å². The lowest BCUT2D eigenvalue weighted by atomic mass is 10.3. The third kappa shape index (κ3) is 2.86. The molecule has 2 aromatic rings. The fraction of sp³-hybridized carbons (Fsp3) is 0. The van der Waals surface area contributed by atoms with Crippen LogP contribution in [0.25, 0.3) is 0 Å². The van der Waals surface area contributed by atoms with Crippen LogP contribution in [0.1, 0.15) is 0 Å². The van der Waals surface area contributed by atoms with Crippen LogP contribution in [0.2, 0.25) is 0 Å². The quantitative estimate of drug-likeness (QED) is 0.494. The molecule has 0 aromatic heterocycles. The minimum absolute atomic E-state index is 0.0611. The molecule has 0 heterocycles. The number of nitrogens with zero attached hydrogens (tertiary/aromatic N) is 2. The van der Waals surface area contributed by atoms with Gasteiger partial charge in [-0.1, -0.05) is 0 Å². The smallest absolute Gasteiger partial charge is 0.293 e. The Morgan fingerprint density at radius 1 is 0.818 bits per heavy atom. The predicted molar refractivity (Wildman–Crippen MR) is 79.7 cm³/mol. The van der Waals surface area contributed by atoms with E-state index >= 15 is 0 Å². The van der Waals surface area contributed by atoms with Crippen molar-refractivity contribution in [3.05, 3.63) is 56.6 Å². The van der Waals surface area contributed by atoms with Crippen LogP contribution in [0.3, 0.4) is 0 Å². The zero-order valence-electron chi connectivity index (χ0n) is 11.0. The van der Waals surface area contributed by atoms with Gasteiger partial charge in [-0.25, -0.2) is 4.21 Å². The van der Waals surface area contributed by atoms with Gasteiger partial charge in [0.1, 0.15) is 11.4 Å². The van der Waals surface area contributed by atoms with Crippen molar-refractivity contribution in [2.24, 2.45) is 0 Å². The van der Waals surface area contributed by atoms with Crippen LogP contribution in [0.4, 0.5) is 22.7 Å². The molecule has 0 aliphatic carbocycles. The molecule has 0 spiro atoms. The topological polar surface area (TPSA) is 155 Å². The first-order chi connectivity index (χ1) is 10.3. The molecular formula is C12H10N4O5S. The van der Waals surface area contributed by atoms with Crippen molar-refractivity contribution in [2.45, 2.75) is 9.79 Å². The molecule has 9 nitrogen and oxygen atoms in total. The molecule has 0 unspecified atom stereocenters. The monoisotopic (exact) mass is 322 g/mol. The zero-order chi connectivity index (χ0) is 16.4. The van der Waals surface area contributed by atoms with Gasteiger partial charge >= 0.3 is 0 Å². The van der Waals surface area contributed by atoms with Gasteiger partial charge in [-0.05, 0) is 24.3 Å². The molecule has 0 amide bonds. The molecule has 0 aliphatic rings. The summed E-state index contributed by atoms with van der Waals surface area (Å²) in [7, 11) is -1.84. The maximum Gasteiger partial charge on any atom is 0.293 e. The van der Waals surface area contributed by atoms with Gasteiger partial charge in [0.15, 0.2) is 0 Å². The first kappa shape index (κ1) is 15.4. The van der Waals surface area contributed by atoms with Crippen molar-refractivity contribution < 1.29 is 14.1 Å². The minimum Gasteiger partial charge on any atom is -0.393 e. The summed E-state index contributed by atoms with van der Waals surface area (Å²) < 4.78 is 12.4. The van der Waals surface area contributed by atoms with Crippen molar-refractivity contribution in [2.75, 3.05) is 11.5 Å². The summed E-state index contributed by atoms with van der Waals surface area (Å²) in [4.78, 5) is 20.5. The van der Waals surface area contributed by atoms with Gasteiger partial charge in [0, 0.05) is 12.1 Å². The first-order valence-electron chi connectivity index (χ1n) is 5.81. The highest BCUT2D eigenvalue weighted by molar-refractivity contribution is 7.85. The Morgan fingerprint density at radius 3 is 1.50 bits per heavy atom. The number of benzene rings is 2. The molecule has 0 saturated carbocycles.